The molecular formula is C15H15N5O2S. The molecule has 2 heterocycles. The van der Waals surface area contributed by atoms with Crippen molar-refractivity contribution < 1.29 is 4.79 Å². The third kappa shape index (κ3) is 3.11. The van der Waals surface area contributed by atoms with Gasteiger partial charge in [0.05, 0.1) is 17.5 Å². The highest BCUT2D eigenvalue weighted by atomic mass is 32.1. The monoisotopic (exact) mass is 329 g/mol. The summed E-state index contributed by atoms with van der Waals surface area (Å²) in [6.45, 7) is 4.12. The number of carbonyl (C=O) groups is 1. The Kier molecular flexibility index (Phi) is 4.16. The highest BCUT2D eigenvalue weighted by Crippen LogP contribution is 2.16. The van der Waals surface area contributed by atoms with Crippen molar-refractivity contribution in [1.82, 2.24) is 20.0 Å². The number of hydrogen-bond donors (Lipinski definition) is 1. The zero-order valence-electron chi connectivity index (χ0n) is 12.7. The van der Waals surface area contributed by atoms with Gasteiger partial charge in [-0.3, -0.25) is 9.59 Å². The number of benzene rings is 1. The molecule has 3 rings (SSSR count). The van der Waals surface area contributed by atoms with E-state index in [9.17, 15) is 9.59 Å². The third-order valence-corrected chi connectivity index (χ3v) is 4.10. The fourth-order valence-electron chi connectivity index (χ4n) is 2.31. The Bertz CT molecular complexity index is 931. The molecule has 118 valence electrons. The van der Waals surface area contributed by atoms with E-state index in [-0.39, 0.29) is 17.9 Å². The molecule has 1 N–H and O–H groups in total. The van der Waals surface area contributed by atoms with E-state index in [1.54, 1.807) is 18.2 Å². The lowest BCUT2D eigenvalue weighted by atomic mass is 10.1. The first kappa shape index (κ1) is 15.3. The molecular weight excluding hydrogens is 314 g/mol. The molecule has 0 unspecified atom stereocenters. The summed E-state index contributed by atoms with van der Waals surface area (Å²) in [7, 11) is 0. The van der Waals surface area contributed by atoms with Crippen LogP contribution in [0.5, 0.6) is 0 Å². The number of nitrogens with zero attached hydrogens (tertiary/aromatic N) is 4. The molecule has 0 bridgehead atoms. The second kappa shape index (κ2) is 6.25. The number of fused-ring (bicyclic) bond motifs is 1. The number of rotatable bonds is 4. The largest absolute Gasteiger partial charge is 0.300 e. The summed E-state index contributed by atoms with van der Waals surface area (Å²) in [6.07, 6.45) is 0.0689. The minimum absolute atomic E-state index is 0.0689. The van der Waals surface area contributed by atoms with Gasteiger partial charge < -0.3 is 5.32 Å². The van der Waals surface area contributed by atoms with Crippen LogP contribution in [-0.4, -0.2) is 25.9 Å². The van der Waals surface area contributed by atoms with E-state index in [0.717, 1.165) is 5.01 Å². The molecule has 0 spiro atoms. The van der Waals surface area contributed by atoms with E-state index in [2.05, 4.69) is 20.6 Å². The van der Waals surface area contributed by atoms with Crippen molar-refractivity contribution in [3.05, 3.63) is 45.3 Å². The van der Waals surface area contributed by atoms with Gasteiger partial charge in [-0.1, -0.05) is 29.5 Å². The Morgan fingerprint density at radius 2 is 2.00 bits per heavy atom. The molecule has 7 nitrogen and oxygen atoms in total. The van der Waals surface area contributed by atoms with E-state index >= 15 is 0 Å². The second-order valence-corrected chi connectivity index (χ2v) is 6.15. The first-order valence-electron chi connectivity index (χ1n) is 7.17. The SMILES string of the molecule is CCn1nc(CC(=O)Nc2nnc(C)s2)c2ccccc2c1=O. The quantitative estimate of drug-likeness (QED) is 0.788. The topological polar surface area (TPSA) is 89.8 Å². The molecule has 0 radical (unpaired) electrons. The van der Waals surface area contributed by atoms with Crippen LogP contribution in [0.4, 0.5) is 5.13 Å². The van der Waals surface area contributed by atoms with E-state index < -0.39 is 0 Å². The minimum Gasteiger partial charge on any atom is -0.300 e. The van der Waals surface area contributed by atoms with Gasteiger partial charge in [0.1, 0.15) is 5.01 Å². The zero-order valence-corrected chi connectivity index (χ0v) is 13.6. The average Bonchev–Trinajstić information content (AvgIpc) is 2.95. The molecule has 0 aliphatic rings. The molecule has 0 atom stereocenters. The summed E-state index contributed by atoms with van der Waals surface area (Å²) in [5.74, 6) is -0.236. The van der Waals surface area contributed by atoms with Gasteiger partial charge in [0.2, 0.25) is 11.0 Å². The lowest BCUT2D eigenvalue weighted by Crippen LogP contribution is -2.25. The minimum atomic E-state index is -0.236. The van der Waals surface area contributed by atoms with Crippen molar-refractivity contribution in [2.24, 2.45) is 0 Å². The van der Waals surface area contributed by atoms with Crippen LogP contribution in [0, 0.1) is 6.92 Å². The summed E-state index contributed by atoms with van der Waals surface area (Å²) in [6, 6.07) is 7.19. The predicted octanol–water partition coefficient (Wildman–Crippen LogP) is 1.76. The fraction of sp³-hybridized carbons (Fsp3) is 0.267. The Morgan fingerprint density at radius 3 is 2.65 bits per heavy atom. The molecule has 0 saturated heterocycles. The van der Waals surface area contributed by atoms with E-state index in [1.165, 1.54) is 16.0 Å². The molecule has 2 aromatic heterocycles. The van der Waals surface area contributed by atoms with Crippen molar-refractivity contribution in [2.45, 2.75) is 26.8 Å². The number of aryl methyl sites for hydroxylation is 2. The summed E-state index contributed by atoms with van der Waals surface area (Å²) in [5.41, 5.74) is 0.424. The molecule has 0 saturated carbocycles. The summed E-state index contributed by atoms with van der Waals surface area (Å²) in [4.78, 5) is 24.5. The van der Waals surface area contributed by atoms with Gasteiger partial charge >= 0.3 is 0 Å². The Balaban J connectivity index is 1.94. The van der Waals surface area contributed by atoms with Crippen LogP contribution < -0.4 is 10.9 Å². The lowest BCUT2D eigenvalue weighted by Gasteiger charge is -2.09. The molecule has 0 aliphatic carbocycles. The molecule has 3 aromatic rings. The van der Waals surface area contributed by atoms with Crippen LogP contribution in [0.3, 0.4) is 0 Å². The summed E-state index contributed by atoms with van der Waals surface area (Å²) >= 11 is 1.31. The Labute approximate surface area is 136 Å². The van der Waals surface area contributed by atoms with E-state index in [1.807, 2.05) is 19.9 Å². The van der Waals surface area contributed by atoms with Crippen molar-refractivity contribution in [3.8, 4) is 0 Å². The van der Waals surface area contributed by atoms with Gasteiger partial charge in [-0.2, -0.15) is 5.10 Å². The van der Waals surface area contributed by atoms with Crippen molar-refractivity contribution in [2.75, 3.05) is 5.32 Å². The molecule has 1 aromatic carbocycles. The van der Waals surface area contributed by atoms with Crippen LogP contribution in [0.25, 0.3) is 10.8 Å². The number of nitrogens with one attached hydrogen (secondary N) is 1. The fourth-order valence-corrected chi connectivity index (χ4v) is 2.92. The summed E-state index contributed by atoms with van der Waals surface area (Å²) < 4.78 is 1.38. The number of hydrogen-bond acceptors (Lipinski definition) is 6. The summed E-state index contributed by atoms with van der Waals surface area (Å²) in [5, 5.41) is 17.3. The van der Waals surface area contributed by atoms with Crippen LogP contribution in [0.2, 0.25) is 0 Å². The maximum absolute atomic E-state index is 12.3. The number of amides is 1. The lowest BCUT2D eigenvalue weighted by molar-refractivity contribution is -0.115. The zero-order chi connectivity index (χ0) is 16.4. The standard InChI is InChI=1S/C15H15N5O2S/c1-3-20-14(22)11-7-5-4-6-10(11)12(19-20)8-13(21)16-15-18-17-9(2)23-15/h4-7H,3,8H2,1-2H3,(H,16,18,21). The number of aromatic nitrogens is 4. The van der Waals surface area contributed by atoms with Crippen LogP contribution >= 0.6 is 11.3 Å². The van der Waals surface area contributed by atoms with Gasteiger partial charge in [-0.15, -0.1) is 10.2 Å². The van der Waals surface area contributed by atoms with Crippen molar-refractivity contribution in [1.29, 1.82) is 0 Å². The van der Waals surface area contributed by atoms with E-state index in [4.69, 9.17) is 0 Å². The van der Waals surface area contributed by atoms with Crippen molar-refractivity contribution in [3.63, 3.8) is 0 Å². The van der Waals surface area contributed by atoms with Crippen LogP contribution in [0.1, 0.15) is 17.6 Å². The van der Waals surface area contributed by atoms with E-state index in [0.29, 0.717) is 28.1 Å². The highest BCUT2D eigenvalue weighted by molar-refractivity contribution is 7.15. The van der Waals surface area contributed by atoms with Crippen LogP contribution in [0.15, 0.2) is 29.1 Å². The molecule has 8 heteroatoms. The average molecular weight is 329 g/mol. The molecule has 1 amide bonds. The number of carbonyl (C=O) groups excluding carboxylic acids is 1. The maximum Gasteiger partial charge on any atom is 0.274 e. The molecule has 0 fully saturated rings. The first-order valence-corrected chi connectivity index (χ1v) is 7.99. The Morgan fingerprint density at radius 1 is 1.26 bits per heavy atom. The van der Waals surface area contributed by atoms with Gasteiger partial charge in [0, 0.05) is 11.9 Å². The van der Waals surface area contributed by atoms with Gasteiger partial charge in [0.25, 0.3) is 5.56 Å². The van der Waals surface area contributed by atoms with Crippen LogP contribution in [-0.2, 0) is 17.8 Å². The third-order valence-electron chi connectivity index (χ3n) is 3.34. The Hall–Kier alpha value is -2.61. The number of anilines is 1. The second-order valence-electron chi connectivity index (χ2n) is 4.96. The molecule has 23 heavy (non-hydrogen) atoms. The molecule has 0 aliphatic heterocycles. The van der Waals surface area contributed by atoms with Gasteiger partial charge in [0.15, 0.2) is 0 Å². The maximum atomic E-state index is 12.3. The van der Waals surface area contributed by atoms with Crippen molar-refractivity contribution >= 4 is 33.1 Å². The first-order chi connectivity index (χ1) is 11.1. The smallest absolute Gasteiger partial charge is 0.274 e. The highest BCUT2D eigenvalue weighted by Gasteiger charge is 2.14. The van der Waals surface area contributed by atoms with Gasteiger partial charge in [-0.25, -0.2) is 4.68 Å². The predicted molar refractivity (Wildman–Crippen MR) is 88.7 cm³/mol. The van der Waals surface area contributed by atoms with Gasteiger partial charge in [-0.05, 0) is 19.9 Å². The normalized spacial score (nSPS) is 10.9.